The first-order chi connectivity index (χ1) is 11.0. The van der Waals surface area contributed by atoms with Gasteiger partial charge >= 0.3 is 5.97 Å². The summed E-state index contributed by atoms with van der Waals surface area (Å²) < 4.78 is 11.7. The van der Waals surface area contributed by atoms with Crippen molar-refractivity contribution < 1.29 is 19.4 Å². The van der Waals surface area contributed by atoms with Crippen LogP contribution in [0.5, 0.6) is 11.5 Å². The summed E-state index contributed by atoms with van der Waals surface area (Å²) in [6, 6.07) is 7.46. The zero-order valence-electron chi connectivity index (χ0n) is 13.9. The van der Waals surface area contributed by atoms with Gasteiger partial charge in [0.2, 0.25) is 0 Å². The molecule has 0 amide bonds. The maximum Gasteiger partial charge on any atom is 0.360 e. The van der Waals surface area contributed by atoms with Crippen molar-refractivity contribution in [3.63, 3.8) is 0 Å². The molecule has 0 spiro atoms. The maximum atomic E-state index is 12.1. The Hall–Kier alpha value is -2.50. The van der Waals surface area contributed by atoms with E-state index in [0.29, 0.717) is 12.2 Å². The highest BCUT2D eigenvalue weighted by molar-refractivity contribution is 5.91. The Bertz CT molecular complexity index is 675. The third-order valence-electron chi connectivity index (χ3n) is 3.46. The topological polar surface area (TPSA) is 73.6 Å². The lowest BCUT2D eigenvalue weighted by Gasteiger charge is -2.08. The zero-order valence-corrected chi connectivity index (χ0v) is 13.9. The van der Waals surface area contributed by atoms with E-state index in [9.17, 15) is 9.90 Å². The van der Waals surface area contributed by atoms with Gasteiger partial charge in [-0.25, -0.2) is 4.79 Å². The van der Waals surface area contributed by atoms with Crippen molar-refractivity contribution in [3.05, 3.63) is 41.2 Å². The minimum atomic E-state index is -0.571. The van der Waals surface area contributed by atoms with Crippen molar-refractivity contribution >= 4 is 5.97 Å². The van der Waals surface area contributed by atoms with Crippen LogP contribution in [0.15, 0.2) is 24.3 Å². The smallest absolute Gasteiger partial charge is 0.360 e. The summed E-state index contributed by atoms with van der Waals surface area (Å²) in [7, 11) is 1.61. The van der Waals surface area contributed by atoms with E-state index in [1.54, 1.807) is 14.0 Å². The van der Waals surface area contributed by atoms with Crippen LogP contribution in [0.3, 0.4) is 0 Å². The number of methoxy groups -OCH3 is 1. The third kappa shape index (κ3) is 3.64. The van der Waals surface area contributed by atoms with Crippen molar-refractivity contribution in [3.8, 4) is 11.5 Å². The van der Waals surface area contributed by atoms with Gasteiger partial charge in [-0.2, -0.15) is 5.10 Å². The van der Waals surface area contributed by atoms with Crippen molar-refractivity contribution in [1.29, 1.82) is 0 Å². The molecule has 0 radical (unpaired) electrons. The van der Waals surface area contributed by atoms with E-state index in [-0.39, 0.29) is 24.0 Å². The van der Waals surface area contributed by atoms with E-state index in [4.69, 9.17) is 9.47 Å². The third-order valence-corrected chi connectivity index (χ3v) is 3.46. The lowest BCUT2D eigenvalue weighted by Crippen LogP contribution is -2.14. The predicted molar refractivity (Wildman–Crippen MR) is 86.0 cm³/mol. The Morgan fingerprint density at radius 1 is 1.30 bits per heavy atom. The highest BCUT2D eigenvalue weighted by Gasteiger charge is 2.25. The molecule has 6 nitrogen and oxygen atoms in total. The van der Waals surface area contributed by atoms with Crippen LogP contribution in [0.4, 0.5) is 0 Å². The SMILES string of the molecule is CCOC(=O)c1c(O)c(C(C)C)nn1Cc1ccc(OC)cc1. The lowest BCUT2D eigenvalue weighted by molar-refractivity contribution is 0.0509. The standard InChI is InChI=1S/C17H22N2O4/c1-5-23-17(21)15-16(20)14(11(2)3)18-19(15)10-12-6-8-13(22-4)9-7-12/h6-9,11,20H,5,10H2,1-4H3. The first kappa shape index (κ1) is 16.9. The van der Waals surface area contributed by atoms with E-state index in [2.05, 4.69) is 5.10 Å². The number of hydrogen-bond donors (Lipinski definition) is 1. The predicted octanol–water partition coefficient (Wildman–Crippen LogP) is 2.95. The molecule has 1 N–H and O–H groups in total. The van der Waals surface area contributed by atoms with Crippen molar-refractivity contribution in [1.82, 2.24) is 9.78 Å². The number of nitrogens with zero attached hydrogens (tertiary/aromatic N) is 2. The van der Waals surface area contributed by atoms with Gasteiger partial charge in [-0.05, 0) is 24.6 Å². The van der Waals surface area contributed by atoms with Crippen LogP contribution >= 0.6 is 0 Å². The fraction of sp³-hybridized carbons (Fsp3) is 0.412. The molecule has 0 atom stereocenters. The van der Waals surface area contributed by atoms with Crippen molar-refractivity contribution in [2.24, 2.45) is 0 Å². The van der Waals surface area contributed by atoms with Gasteiger partial charge in [-0.1, -0.05) is 26.0 Å². The molecule has 23 heavy (non-hydrogen) atoms. The second kappa shape index (κ2) is 7.17. The highest BCUT2D eigenvalue weighted by Crippen LogP contribution is 2.29. The van der Waals surface area contributed by atoms with Crippen LogP contribution in [0.1, 0.15) is 48.4 Å². The molecule has 2 rings (SSSR count). The molecule has 0 aliphatic carbocycles. The van der Waals surface area contributed by atoms with Gasteiger partial charge in [-0.3, -0.25) is 4.68 Å². The second-order valence-electron chi connectivity index (χ2n) is 5.46. The van der Waals surface area contributed by atoms with Crippen LogP contribution in [-0.2, 0) is 11.3 Å². The molecular weight excluding hydrogens is 296 g/mol. The summed E-state index contributed by atoms with van der Waals surface area (Å²) in [5, 5.41) is 14.7. The number of carbonyl (C=O) groups excluding carboxylic acids is 1. The molecule has 2 aromatic rings. The van der Waals surface area contributed by atoms with Gasteiger partial charge in [-0.15, -0.1) is 0 Å². The van der Waals surface area contributed by atoms with Gasteiger partial charge in [0.05, 0.1) is 20.3 Å². The number of esters is 1. The molecule has 0 fully saturated rings. The average Bonchev–Trinajstić information content (AvgIpc) is 2.85. The van der Waals surface area contributed by atoms with Gasteiger partial charge in [0, 0.05) is 5.92 Å². The lowest BCUT2D eigenvalue weighted by atomic mass is 10.1. The molecule has 1 heterocycles. The molecule has 0 unspecified atom stereocenters. The Kier molecular flexibility index (Phi) is 5.26. The number of rotatable bonds is 6. The molecule has 0 saturated heterocycles. The molecule has 0 aliphatic heterocycles. The van der Waals surface area contributed by atoms with Crippen LogP contribution < -0.4 is 4.74 Å². The second-order valence-corrected chi connectivity index (χ2v) is 5.46. The van der Waals surface area contributed by atoms with Gasteiger partial charge in [0.25, 0.3) is 0 Å². The summed E-state index contributed by atoms with van der Waals surface area (Å²) >= 11 is 0. The van der Waals surface area contributed by atoms with E-state index in [0.717, 1.165) is 11.3 Å². The number of aromatic nitrogens is 2. The van der Waals surface area contributed by atoms with Gasteiger partial charge in [0.15, 0.2) is 11.4 Å². The highest BCUT2D eigenvalue weighted by atomic mass is 16.5. The Morgan fingerprint density at radius 3 is 2.48 bits per heavy atom. The first-order valence-electron chi connectivity index (χ1n) is 7.57. The fourth-order valence-electron chi connectivity index (χ4n) is 2.28. The Labute approximate surface area is 135 Å². The van der Waals surface area contributed by atoms with E-state index >= 15 is 0 Å². The molecule has 124 valence electrons. The van der Waals surface area contributed by atoms with Crippen molar-refractivity contribution in [2.45, 2.75) is 33.2 Å². The molecule has 1 aromatic carbocycles. The number of carbonyl (C=O) groups is 1. The summed E-state index contributed by atoms with van der Waals surface area (Å²) in [5.41, 5.74) is 1.52. The fourth-order valence-corrected chi connectivity index (χ4v) is 2.28. The molecular formula is C17H22N2O4. The minimum absolute atomic E-state index is 0.000272. The number of hydrogen-bond acceptors (Lipinski definition) is 5. The van der Waals surface area contributed by atoms with Crippen LogP contribution in [-0.4, -0.2) is 34.6 Å². The first-order valence-corrected chi connectivity index (χ1v) is 7.57. The molecule has 1 aromatic heterocycles. The van der Waals surface area contributed by atoms with E-state index in [1.807, 2.05) is 38.1 Å². The zero-order chi connectivity index (χ0) is 17.0. The number of aromatic hydroxyl groups is 1. The van der Waals surface area contributed by atoms with E-state index < -0.39 is 5.97 Å². The monoisotopic (exact) mass is 318 g/mol. The van der Waals surface area contributed by atoms with Crippen LogP contribution in [0.2, 0.25) is 0 Å². The molecule has 0 aliphatic rings. The number of ether oxygens (including phenoxy) is 2. The summed E-state index contributed by atoms with van der Waals surface area (Å²) in [6.45, 7) is 6.15. The van der Waals surface area contributed by atoms with Gasteiger partial charge < -0.3 is 14.6 Å². The van der Waals surface area contributed by atoms with Crippen LogP contribution in [0, 0.1) is 0 Å². The quantitative estimate of drug-likeness (QED) is 0.829. The largest absolute Gasteiger partial charge is 0.504 e. The Balaban J connectivity index is 2.38. The maximum absolute atomic E-state index is 12.1. The molecule has 0 bridgehead atoms. The number of benzene rings is 1. The normalized spacial score (nSPS) is 10.8. The summed E-state index contributed by atoms with van der Waals surface area (Å²) in [4.78, 5) is 12.1. The summed E-state index contributed by atoms with van der Waals surface area (Å²) in [5.74, 6) is 0.0794. The van der Waals surface area contributed by atoms with Crippen LogP contribution in [0.25, 0.3) is 0 Å². The van der Waals surface area contributed by atoms with Crippen molar-refractivity contribution in [2.75, 3.05) is 13.7 Å². The summed E-state index contributed by atoms with van der Waals surface area (Å²) in [6.07, 6.45) is 0. The molecule has 6 heteroatoms. The van der Waals surface area contributed by atoms with Gasteiger partial charge in [0.1, 0.15) is 11.4 Å². The minimum Gasteiger partial charge on any atom is -0.504 e. The molecule has 0 saturated carbocycles. The average molecular weight is 318 g/mol. The van der Waals surface area contributed by atoms with E-state index in [1.165, 1.54) is 4.68 Å². The Morgan fingerprint density at radius 2 is 1.96 bits per heavy atom.